The maximum atomic E-state index is 13.8. The standard InChI is InChI=1S/C32H40ClN7O3.C28H33ClN6O.C8H17NO3.C8H15NO3.C7H10N2.C6H7BrN2/c1-9-40-21(3)22(18-35-40)19-39(8)30(41)25-17-29(37-27-11-10-23(33)16-24(25)27)28-13-12-26(20(2)36-28)34-14-15-38(7)31(42)43-32(4,5)6;1-6-8-13-30-24-11-12-26(32-18(24)3)27-15-23(22-14-21(29)9-10-25(22)33-27)28(36)34(5)17-20-16-31-35(7-2)19(20)4;2*1-8(2,3)12-7(11)9(4)5-6-10;1-5-3-4-7(8)6(2)9-5;1-4-5(8)2-3-6(7)9-4/h10-13,16-18,34H,9,14-15,19H2,1-8H3;9-12,14-16,30H,6-8,13,17H2,1-5H3;10H,5-6H2,1-4H3;6H,5H2,1-4H3;3-4H,8H2,1-2H3;2-3H,8H2,1H3. The fraction of sp³-hybridized carbons (Fsp3) is 0.438. The number of hydrogen-bond acceptors (Lipinski definition) is 22. The molecule has 10 aromatic rings. The molecule has 0 fully saturated rings. The average molecular weight is 1770 g/mol. The molecular weight excluding hydrogens is 1650 g/mol. The molecule has 0 unspecified atom stereocenters. The molecule has 654 valence electrons. The Bertz CT molecular complexity index is 5110. The minimum absolute atomic E-state index is 0.0459. The number of halogens is 3. The first-order valence-corrected chi connectivity index (χ1v) is 41.4. The zero-order chi connectivity index (χ0) is 90.6. The smallest absolute Gasteiger partial charge is 0.410 e. The monoisotopic (exact) mass is 1770 g/mol. The number of fused-ring (bicyclic) bond motifs is 2. The number of nitrogens with zero attached hydrogens (tertiary/aromatic N) is 15. The Hall–Kier alpha value is -11.1. The number of aryl methyl sites for hydroxylation is 7. The average Bonchev–Trinajstić information content (AvgIpc) is 0.961. The van der Waals surface area contributed by atoms with Crippen LogP contribution in [0.2, 0.25) is 10.0 Å². The maximum Gasteiger partial charge on any atom is 0.410 e. The highest BCUT2D eigenvalue weighted by molar-refractivity contribution is 9.10. The summed E-state index contributed by atoms with van der Waals surface area (Å²) in [5, 5.41) is 26.6. The summed E-state index contributed by atoms with van der Waals surface area (Å²) in [5.74, 6) is -0.257. The molecule has 0 aliphatic rings. The summed E-state index contributed by atoms with van der Waals surface area (Å²) in [4.78, 5) is 107. The van der Waals surface area contributed by atoms with Gasteiger partial charge in [-0.05, 0) is 244 Å². The van der Waals surface area contributed by atoms with Gasteiger partial charge in [0, 0.05) is 137 Å². The van der Waals surface area contributed by atoms with Crippen LogP contribution in [0.25, 0.3) is 44.6 Å². The lowest BCUT2D eigenvalue weighted by molar-refractivity contribution is -0.108. The molecule has 121 heavy (non-hydrogen) atoms. The minimum Gasteiger partial charge on any atom is -0.444 e. The highest BCUT2D eigenvalue weighted by Gasteiger charge is 2.26. The van der Waals surface area contributed by atoms with Crippen molar-refractivity contribution in [1.82, 2.24) is 74.0 Å². The van der Waals surface area contributed by atoms with Crippen LogP contribution in [-0.4, -0.2) is 207 Å². The van der Waals surface area contributed by atoms with Crippen molar-refractivity contribution in [2.45, 2.75) is 187 Å². The van der Waals surface area contributed by atoms with Gasteiger partial charge in [0.05, 0.1) is 116 Å². The third-order valence-electron chi connectivity index (χ3n) is 18.1. The minimum atomic E-state index is -0.546. The van der Waals surface area contributed by atoms with Gasteiger partial charge in [-0.3, -0.25) is 23.9 Å². The van der Waals surface area contributed by atoms with E-state index in [0.29, 0.717) is 93.7 Å². The summed E-state index contributed by atoms with van der Waals surface area (Å²) < 4.78 is 20.1. The van der Waals surface area contributed by atoms with E-state index >= 15 is 0 Å². The molecule has 8 aromatic heterocycles. The number of hydrogen-bond donors (Lipinski definition) is 5. The number of anilines is 4. The molecule has 0 saturated heterocycles. The molecule has 0 radical (unpaired) electrons. The molecule has 0 saturated carbocycles. The molecule has 29 nitrogen and oxygen atoms in total. The summed E-state index contributed by atoms with van der Waals surface area (Å²) in [6.07, 6.45) is 5.29. The van der Waals surface area contributed by atoms with Gasteiger partial charge in [-0.25, -0.2) is 39.3 Å². The fourth-order valence-electron chi connectivity index (χ4n) is 11.3. The quantitative estimate of drug-likeness (QED) is 0.0182. The van der Waals surface area contributed by atoms with Crippen molar-refractivity contribution < 1.29 is 48.1 Å². The molecule has 7 N–H and O–H groups in total. The van der Waals surface area contributed by atoms with Crippen molar-refractivity contribution in [2.75, 3.05) is 96.7 Å². The van der Waals surface area contributed by atoms with E-state index in [1.807, 2.05) is 165 Å². The number of likely N-dealkylation sites (N-methyl/N-ethyl adjacent to an activating group) is 3. The molecule has 8 heterocycles. The maximum absolute atomic E-state index is 13.8. The number of rotatable bonds is 22. The van der Waals surface area contributed by atoms with Gasteiger partial charge >= 0.3 is 18.3 Å². The van der Waals surface area contributed by atoms with E-state index in [4.69, 9.17) is 73.9 Å². The van der Waals surface area contributed by atoms with Crippen LogP contribution in [0.1, 0.15) is 168 Å². The number of unbranched alkanes of at least 4 members (excludes halogenated alkanes) is 1. The molecule has 0 atom stereocenters. The number of carbonyl (C=O) groups excluding carboxylic acids is 6. The molecule has 0 spiro atoms. The highest BCUT2D eigenvalue weighted by Crippen LogP contribution is 2.32. The number of nitrogens with two attached hydrogens (primary N) is 2. The lowest BCUT2D eigenvalue weighted by atomic mass is 10.0. The van der Waals surface area contributed by atoms with E-state index in [-0.39, 0.29) is 31.1 Å². The number of nitrogen functional groups attached to an aromatic ring is 2. The number of aromatic nitrogens is 10. The highest BCUT2D eigenvalue weighted by atomic mass is 79.9. The van der Waals surface area contributed by atoms with E-state index in [1.165, 1.54) is 21.7 Å². The number of aliphatic hydroxyl groups is 1. The van der Waals surface area contributed by atoms with Gasteiger partial charge in [0.2, 0.25) is 0 Å². The predicted octanol–water partition coefficient (Wildman–Crippen LogP) is 17.5. The van der Waals surface area contributed by atoms with Gasteiger partial charge < -0.3 is 70.7 Å². The summed E-state index contributed by atoms with van der Waals surface area (Å²) >= 11 is 15.9. The second-order valence-corrected chi connectivity index (χ2v) is 33.4. The summed E-state index contributed by atoms with van der Waals surface area (Å²) in [6.45, 7) is 40.8. The van der Waals surface area contributed by atoms with Gasteiger partial charge in [-0.15, -0.1) is 0 Å². The first-order chi connectivity index (χ1) is 56.7. The lowest BCUT2D eigenvalue weighted by Crippen LogP contribution is -2.36. The molecular formula is C89H122BrCl2N19O10. The largest absolute Gasteiger partial charge is 0.444 e. The number of benzene rings is 2. The third-order valence-corrected chi connectivity index (χ3v) is 19.0. The number of aliphatic hydroxyl groups excluding tert-OH is 1. The van der Waals surface area contributed by atoms with Crippen molar-refractivity contribution in [3.63, 3.8) is 0 Å². The Labute approximate surface area is 730 Å². The van der Waals surface area contributed by atoms with E-state index in [9.17, 15) is 28.8 Å². The van der Waals surface area contributed by atoms with Crippen LogP contribution in [0.5, 0.6) is 0 Å². The molecule has 0 bridgehead atoms. The second kappa shape index (κ2) is 46.6. The number of nitrogens with one attached hydrogen (secondary N) is 2. The van der Waals surface area contributed by atoms with Crippen LogP contribution in [0.4, 0.5) is 37.1 Å². The van der Waals surface area contributed by atoms with Crippen molar-refractivity contribution in [3.8, 4) is 22.8 Å². The van der Waals surface area contributed by atoms with Crippen molar-refractivity contribution in [1.29, 1.82) is 0 Å². The van der Waals surface area contributed by atoms with Crippen molar-refractivity contribution in [2.24, 2.45) is 0 Å². The second-order valence-electron chi connectivity index (χ2n) is 31.8. The summed E-state index contributed by atoms with van der Waals surface area (Å²) in [5.41, 5.74) is 26.4. The predicted molar refractivity (Wildman–Crippen MR) is 487 cm³/mol. The van der Waals surface area contributed by atoms with Gasteiger partial charge in [-0.2, -0.15) is 10.2 Å². The fourth-order valence-corrected chi connectivity index (χ4v) is 12.1. The zero-order valence-electron chi connectivity index (χ0n) is 74.6. The van der Waals surface area contributed by atoms with Crippen LogP contribution in [0, 0.1) is 48.5 Å². The summed E-state index contributed by atoms with van der Waals surface area (Å²) in [7, 11) is 8.40. The topological polar surface area (TPSA) is 356 Å². The van der Waals surface area contributed by atoms with Crippen LogP contribution >= 0.6 is 39.1 Å². The Balaban J connectivity index is 0.000000294. The molecule has 10 rings (SSSR count). The number of carbonyl (C=O) groups is 6. The van der Waals surface area contributed by atoms with Crippen molar-refractivity contribution >= 4 is 120 Å². The lowest BCUT2D eigenvalue weighted by Gasteiger charge is -2.24. The van der Waals surface area contributed by atoms with Crippen LogP contribution < -0.4 is 22.1 Å². The Morgan fingerprint density at radius 3 is 1.26 bits per heavy atom. The van der Waals surface area contributed by atoms with Gasteiger partial charge in [0.1, 0.15) is 27.7 Å². The van der Waals surface area contributed by atoms with E-state index in [1.54, 1.807) is 110 Å². The number of amides is 5. The van der Waals surface area contributed by atoms with Crippen LogP contribution in [0.15, 0.2) is 114 Å². The van der Waals surface area contributed by atoms with Gasteiger partial charge in [0.15, 0.2) is 0 Å². The van der Waals surface area contributed by atoms with Gasteiger partial charge in [0.25, 0.3) is 11.8 Å². The van der Waals surface area contributed by atoms with Crippen LogP contribution in [0.3, 0.4) is 0 Å². The first-order valence-electron chi connectivity index (χ1n) is 39.9. The molecule has 2 aromatic carbocycles. The molecule has 0 aliphatic heterocycles. The number of aldehydes is 1. The molecule has 0 aliphatic carbocycles. The number of ether oxygens (including phenoxy) is 3. The molecule has 5 amide bonds. The Kier molecular flexibility index (Phi) is 38.7. The first kappa shape index (κ1) is 100. The summed E-state index contributed by atoms with van der Waals surface area (Å²) in [6, 6.07) is 29.6. The zero-order valence-corrected chi connectivity index (χ0v) is 77.7. The van der Waals surface area contributed by atoms with E-state index < -0.39 is 29.0 Å². The number of pyridine rings is 6. The van der Waals surface area contributed by atoms with E-state index in [2.05, 4.69) is 60.6 Å². The van der Waals surface area contributed by atoms with Crippen LogP contribution in [-0.2, 0) is 45.2 Å². The van der Waals surface area contributed by atoms with Crippen molar-refractivity contribution in [3.05, 3.63) is 186 Å². The van der Waals surface area contributed by atoms with Gasteiger partial charge in [-0.1, -0.05) is 36.5 Å². The Morgan fingerprint density at radius 1 is 0.496 bits per heavy atom. The Morgan fingerprint density at radius 2 is 0.901 bits per heavy atom. The molecule has 32 heteroatoms. The SMILES string of the molecule is CCCCNc1ccc(-c2cc(C(=O)N(C)Cc3cnn(CC)c3C)c3cc(Cl)ccc3n2)nc1C.CCn1ncc(CN(C)C(=O)c2cc(-c3ccc(NCCN(C)C(=O)OC(C)(C)C)c(C)n3)nc3ccc(Cl)cc23)c1C.CN(CC=O)C(=O)OC(C)(C)C.CN(CCO)C(=O)OC(C)(C)C.Cc1ccc(N)c(C)n1.Cc1nc(Br)ccc1N. The third kappa shape index (κ3) is 32.1. The van der Waals surface area contributed by atoms with E-state index in [0.717, 1.165) is 122 Å². The normalized spacial score (nSPS) is 11.0.